The average molecular weight is 410 g/mol. The summed E-state index contributed by atoms with van der Waals surface area (Å²) in [7, 11) is 0.860. The SMILES string of the molecule is COC(CC(F)(F)C(F)(F)C(F)(F)C(F)(F)F)c1ccc(C(C)(C)C)cc1. The minimum Gasteiger partial charge on any atom is -0.377 e. The highest BCUT2D eigenvalue weighted by Gasteiger charge is 2.81. The summed E-state index contributed by atoms with van der Waals surface area (Å²) >= 11 is 0. The van der Waals surface area contributed by atoms with E-state index < -0.39 is 36.5 Å². The van der Waals surface area contributed by atoms with Crippen molar-refractivity contribution >= 4 is 0 Å². The molecule has 156 valence electrons. The number of rotatable bonds is 6. The van der Waals surface area contributed by atoms with E-state index in [9.17, 15) is 39.5 Å². The standard InChI is InChI=1S/C17H19F9O/c1-13(2,3)11-7-5-10(6-8-11)12(27-4)9-14(18,19)15(20,21)16(22,23)17(24,25)26/h5-8,12H,9H2,1-4H3. The molecule has 27 heavy (non-hydrogen) atoms. The van der Waals surface area contributed by atoms with Crippen molar-refractivity contribution in [1.29, 1.82) is 0 Å². The monoisotopic (exact) mass is 410 g/mol. The van der Waals surface area contributed by atoms with Crippen molar-refractivity contribution in [1.82, 2.24) is 0 Å². The summed E-state index contributed by atoms with van der Waals surface area (Å²) in [6, 6.07) is 5.54. The minimum absolute atomic E-state index is 0.0590. The zero-order valence-corrected chi connectivity index (χ0v) is 14.9. The van der Waals surface area contributed by atoms with Crippen molar-refractivity contribution in [2.75, 3.05) is 7.11 Å². The summed E-state index contributed by atoms with van der Waals surface area (Å²) in [5, 5.41) is 0. The molecular weight excluding hydrogens is 391 g/mol. The van der Waals surface area contributed by atoms with Gasteiger partial charge in [0.05, 0.1) is 6.10 Å². The van der Waals surface area contributed by atoms with Gasteiger partial charge in [-0.3, -0.25) is 0 Å². The van der Waals surface area contributed by atoms with Gasteiger partial charge in [0.25, 0.3) is 0 Å². The summed E-state index contributed by atoms with van der Waals surface area (Å²) in [6.07, 6.45) is -10.7. The minimum atomic E-state index is -6.90. The third-order valence-electron chi connectivity index (χ3n) is 4.08. The Labute approximate surface area is 150 Å². The van der Waals surface area contributed by atoms with Crippen LogP contribution in [0, 0.1) is 0 Å². The van der Waals surface area contributed by atoms with Crippen molar-refractivity contribution in [3.05, 3.63) is 35.4 Å². The topological polar surface area (TPSA) is 9.23 Å². The fraction of sp³-hybridized carbons (Fsp3) is 0.647. The maximum absolute atomic E-state index is 13.8. The Bertz CT molecular complexity index is 627. The molecule has 1 aromatic carbocycles. The second-order valence-corrected chi connectivity index (χ2v) is 7.15. The van der Waals surface area contributed by atoms with E-state index in [2.05, 4.69) is 4.74 Å². The zero-order chi connectivity index (χ0) is 21.5. The third kappa shape index (κ3) is 4.52. The molecule has 0 saturated carbocycles. The predicted molar refractivity (Wildman–Crippen MR) is 80.4 cm³/mol. The van der Waals surface area contributed by atoms with E-state index in [0.717, 1.165) is 12.7 Å². The molecule has 0 saturated heterocycles. The lowest BCUT2D eigenvalue weighted by Gasteiger charge is -2.35. The predicted octanol–water partition coefficient (Wildman–Crippen LogP) is 6.53. The molecule has 0 N–H and O–H groups in total. The number of hydrogen-bond acceptors (Lipinski definition) is 1. The van der Waals surface area contributed by atoms with E-state index in [1.807, 2.05) is 20.8 Å². The first-order valence-corrected chi connectivity index (χ1v) is 7.72. The van der Waals surface area contributed by atoms with Gasteiger partial charge in [-0.1, -0.05) is 45.0 Å². The third-order valence-corrected chi connectivity index (χ3v) is 4.08. The van der Waals surface area contributed by atoms with Crippen LogP contribution in [0.5, 0.6) is 0 Å². The first-order valence-electron chi connectivity index (χ1n) is 7.72. The number of ether oxygens (including phenoxy) is 1. The molecule has 0 bridgehead atoms. The summed E-state index contributed by atoms with van der Waals surface area (Å²) in [4.78, 5) is 0. The number of alkyl halides is 9. The first-order chi connectivity index (χ1) is 11.9. The highest BCUT2D eigenvalue weighted by Crippen LogP contribution is 2.55. The molecule has 0 radical (unpaired) electrons. The molecule has 0 heterocycles. The van der Waals surface area contributed by atoms with E-state index in [-0.39, 0.29) is 11.0 Å². The van der Waals surface area contributed by atoms with Crippen LogP contribution in [-0.2, 0) is 10.2 Å². The van der Waals surface area contributed by atoms with Gasteiger partial charge in [0, 0.05) is 13.5 Å². The van der Waals surface area contributed by atoms with Gasteiger partial charge in [-0.2, -0.15) is 39.5 Å². The van der Waals surface area contributed by atoms with Gasteiger partial charge in [-0.15, -0.1) is 0 Å². The van der Waals surface area contributed by atoms with E-state index >= 15 is 0 Å². The molecule has 0 aliphatic rings. The van der Waals surface area contributed by atoms with Crippen LogP contribution in [0.2, 0.25) is 0 Å². The summed E-state index contributed by atoms with van der Waals surface area (Å²) in [5.74, 6) is -19.2. The second kappa shape index (κ2) is 7.18. The van der Waals surface area contributed by atoms with Crippen LogP contribution in [0.25, 0.3) is 0 Å². The normalized spacial score (nSPS) is 15.7. The number of methoxy groups -OCH3 is 1. The maximum Gasteiger partial charge on any atom is 0.460 e. The number of halogens is 9. The van der Waals surface area contributed by atoms with Gasteiger partial charge < -0.3 is 4.74 Å². The quantitative estimate of drug-likeness (QED) is 0.485. The van der Waals surface area contributed by atoms with Crippen LogP contribution in [0.3, 0.4) is 0 Å². The van der Waals surface area contributed by atoms with Gasteiger partial charge in [0.15, 0.2) is 0 Å². The Morgan fingerprint density at radius 1 is 0.778 bits per heavy atom. The molecule has 0 amide bonds. The van der Waals surface area contributed by atoms with Crippen LogP contribution in [0.4, 0.5) is 39.5 Å². The van der Waals surface area contributed by atoms with Crippen molar-refractivity contribution in [3.63, 3.8) is 0 Å². The molecule has 1 rings (SSSR count). The van der Waals surface area contributed by atoms with Crippen LogP contribution < -0.4 is 0 Å². The second-order valence-electron chi connectivity index (χ2n) is 7.15. The Kier molecular flexibility index (Phi) is 6.27. The Hall–Kier alpha value is -1.45. The van der Waals surface area contributed by atoms with E-state index in [4.69, 9.17) is 0 Å². The molecule has 0 spiro atoms. The van der Waals surface area contributed by atoms with E-state index in [1.165, 1.54) is 24.3 Å². The zero-order valence-electron chi connectivity index (χ0n) is 14.9. The number of benzene rings is 1. The molecule has 1 aromatic rings. The lowest BCUT2D eigenvalue weighted by Crippen LogP contribution is -2.61. The molecule has 1 atom stereocenters. The molecule has 0 aliphatic carbocycles. The summed E-state index contributed by atoms with van der Waals surface area (Å²) < 4.78 is 122. The maximum atomic E-state index is 13.8. The summed E-state index contributed by atoms with van der Waals surface area (Å²) in [5.41, 5.74) is 0.394. The first kappa shape index (κ1) is 23.6. The van der Waals surface area contributed by atoms with Gasteiger partial charge in [-0.05, 0) is 16.5 Å². The Balaban J connectivity index is 3.18. The Morgan fingerprint density at radius 2 is 1.22 bits per heavy atom. The van der Waals surface area contributed by atoms with Crippen molar-refractivity contribution in [2.45, 2.75) is 62.7 Å². The van der Waals surface area contributed by atoms with Crippen LogP contribution in [0.15, 0.2) is 24.3 Å². The molecule has 1 unspecified atom stereocenters. The molecular formula is C17H19F9O. The highest BCUT2D eigenvalue weighted by atomic mass is 19.4. The van der Waals surface area contributed by atoms with Crippen LogP contribution in [-0.4, -0.2) is 31.1 Å². The Morgan fingerprint density at radius 3 is 1.56 bits per heavy atom. The fourth-order valence-electron chi connectivity index (χ4n) is 2.30. The van der Waals surface area contributed by atoms with Crippen molar-refractivity contribution < 1.29 is 44.3 Å². The van der Waals surface area contributed by atoms with Gasteiger partial charge in [0.1, 0.15) is 0 Å². The van der Waals surface area contributed by atoms with Gasteiger partial charge in [0.2, 0.25) is 0 Å². The highest BCUT2D eigenvalue weighted by molar-refractivity contribution is 5.29. The number of hydrogen-bond donors (Lipinski definition) is 0. The molecule has 0 fully saturated rings. The van der Waals surface area contributed by atoms with Crippen LogP contribution in [0.1, 0.15) is 44.4 Å². The molecule has 10 heteroatoms. The molecule has 0 aliphatic heterocycles. The molecule has 0 aromatic heterocycles. The van der Waals surface area contributed by atoms with Gasteiger partial charge in [-0.25, -0.2) is 0 Å². The lowest BCUT2D eigenvalue weighted by molar-refractivity contribution is -0.398. The van der Waals surface area contributed by atoms with Crippen molar-refractivity contribution in [3.8, 4) is 0 Å². The molecule has 1 nitrogen and oxygen atoms in total. The van der Waals surface area contributed by atoms with E-state index in [0.29, 0.717) is 0 Å². The van der Waals surface area contributed by atoms with E-state index in [1.54, 1.807) is 0 Å². The van der Waals surface area contributed by atoms with Gasteiger partial charge >= 0.3 is 23.9 Å². The largest absolute Gasteiger partial charge is 0.460 e. The smallest absolute Gasteiger partial charge is 0.377 e. The van der Waals surface area contributed by atoms with Crippen molar-refractivity contribution in [2.24, 2.45) is 0 Å². The summed E-state index contributed by atoms with van der Waals surface area (Å²) in [6.45, 7) is 5.55. The lowest BCUT2D eigenvalue weighted by atomic mass is 9.86. The fourth-order valence-corrected chi connectivity index (χ4v) is 2.30. The van der Waals surface area contributed by atoms with Crippen LogP contribution >= 0.6 is 0 Å². The average Bonchev–Trinajstić information content (AvgIpc) is 2.50.